The highest BCUT2D eigenvalue weighted by Gasteiger charge is 2.43. The first-order chi connectivity index (χ1) is 17.4. The number of nitrogens with zero attached hydrogens (tertiary/aromatic N) is 3. The topological polar surface area (TPSA) is 94.2 Å². The van der Waals surface area contributed by atoms with E-state index in [-0.39, 0.29) is 30.8 Å². The molecule has 0 unspecified atom stereocenters. The fourth-order valence-corrected chi connectivity index (χ4v) is 4.44. The molecule has 0 aliphatic carbocycles. The van der Waals surface area contributed by atoms with Gasteiger partial charge in [-0.15, -0.1) is 0 Å². The molecule has 2 N–H and O–H groups in total. The highest BCUT2D eigenvalue weighted by molar-refractivity contribution is 6.01. The largest absolute Gasteiger partial charge is 0.457 e. The summed E-state index contributed by atoms with van der Waals surface area (Å²) in [6.45, 7) is 4.22. The monoisotopic (exact) mass is 491 g/mol. The van der Waals surface area contributed by atoms with Gasteiger partial charge in [0.05, 0.1) is 23.9 Å². The van der Waals surface area contributed by atoms with Crippen molar-refractivity contribution in [1.82, 2.24) is 25.3 Å². The van der Waals surface area contributed by atoms with Gasteiger partial charge < -0.3 is 25.2 Å². The van der Waals surface area contributed by atoms with Gasteiger partial charge in [-0.3, -0.25) is 14.5 Å². The number of nitrogens with one attached hydrogen (secondary N) is 2. The summed E-state index contributed by atoms with van der Waals surface area (Å²) in [5.41, 5.74) is 2.00. The van der Waals surface area contributed by atoms with Crippen LogP contribution in [0.15, 0.2) is 65.9 Å². The molecule has 2 aromatic carbocycles. The summed E-state index contributed by atoms with van der Waals surface area (Å²) in [6.07, 6.45) is 0.207. The van der Waals surface area contributed by atoms with E-state index in [0.29, 0.717) is 42.4 Å². The first-order valence-electron chi connectivity index (χ1n) is 12.2. The molecule has 190 valence electrons. The molecule has 0 spiro atoms. The summed E-state index contributed by atoms with van der Waals surface area (Å²) in [4.78, 5) is 44.0. The van der Waals surface area contributed by atoms with Crippen molar-refractivity contribution in [3.05, 3.63) is 71.4 Å². The van der Waals surface area contributed by atoms with E-state index in [1.807, 2.05) is 80.5 Å². The fourth-order valence-electron chi connectivity index (χ4n) is 4.44. The van der Waals surface area contributed by atoms with Crippen LogP contribution in [-0.2, 0) is 9.59 Å². The quantitative estimate of drug-likeness (QED) is 0.533. The van der Waals surface area contributed by atoms with E-state index in [2.05, 4.69) is 10.6 Å². The molecule has 4 rings (SSSR count). The van der Waals surface area contributed by atoms with Crippen LogP contribution in [0.25, 0.3) is 0 Å². The van der Waals surface area contributed by atoms with Crippen molar-refractivity contribution < 1.29 is 19.1 Å². The number of urea groups is 1. The number of likely N-dealkylation sites (N-methyl/N-ethyl adjacent to an activating group) is 2. The van der Waals surface area contributed by atoms with Gasteiger partial charge in [0.2, 0.25) is 5.91 Å². The Kier molecular flexibility index (Phi) is 7.90. The predicted molar refractivity (Wildman–Crippen MR) is 136 cm³/mol. The third kappa shape index (κ3) is 5.68. The van der Waals surface area contributed by atoms with Crippen molar-refractivity contribution in [1.29, 1.82) is 0 Å². The lowest BCUT2D eigenvalue weighted by Gasteiger charge is -2.33. The lowest BCUT2D eigenvalue weighted by molar-refractivity contribution is -0.127. The normalized spacial score (nSPS) is 17.4. The second kappa shape index (κ2) is 11.3. The zero-order valence-electron chi connectivity index (χ0n) is 21.0. The second-order valence-electron chi connectivity index (χ2n) is 9.10. The number of rotatable bonds is 10. The minimum Gasteiger partial charge on any atom is -0.457 e. The van der Waals surface area contributed by atoms with Crippen LogP contribution in [0.5, 0.6) is 11.5 Å². The van der Waals surface area contributed by atoms with Crippen LogP contribution in [-0.4, -0.2) is 79.4 Å². The first kappa shape index (κ1) is 25.2. The van der Waals surface area contributed by atoms with Crippen molar-refractivity contribution in [2.45, 2.75) is 19.4 Å². The SMILES string of the molecule is CCN1C(=O)N[C@@H](c2cccc(Oc3ccccc3)c2)C2=C1CN(CCC(=O)NCCN(C)C)C2=O. The van der Waals surface area contributed by atoms with Crippen molar-refractivity contribution in [2.24, 2.45) is 0 Å². The Labute approximate surface area is 211 Å². The van der Waals surface area contributed by atoms with E-state index < -0.39 is 6.04 Å². The molecule has 4 amide bonds. The Balaban J connectivity index is 1.51. The van der Waals surface area contributed by atoms with E-state index in [0.717, 1.165) is 12.1 Å². The Morgan fingerprint density at radius 1 is 1.11 bits per heavy atom. The number of benzene rings is 2. The minimum atomic E-state index is -0.596. The molecule has 0 radical (unpaired) electrons. The lowest BCUT2D eigenvalue weighted by Crippen LogP contribution is -2.47. The van der Waals surface area contributed by atoms with Crippen LogP contribution < -0.4 is 15.4 Å². The molecule has 2 heterocycles. The third-order valence-corrected chi connectivity index (χ3v) is 6.27. The number of hydrogen-bond donors (Lipinski definition) is 2. The number of hydrogen-bond acceptors (Lipinski definition) is 5. The van der Waals surface area contributed by atoms with Crippen molar-refractivity contribution in [3.63, 3.8) is 0 Å². The number of carbonyl (C=O) groups is 3. The maximum Gasteiger partial charge on any atom is 0.322 e. The van der Waals surface area contributed by atoms with Gasteiger partial charge in [0.15, 0.2) is 0 Å². The molecule has 2 aliphatic rings. The molecule has 0 aromatic heterocycles. The minimum absolute atomic E-state index is 0.0987. The highest BCUT2D eigenvalue weighted by Crippen LogP contribution is 2.37. The zero-order valence-corrected chi connectivity index (χ0v) is 21.0. The fraction of sp³-hybridized carbons (Fsp3) is 0.370. The van der Waals surface area contributed by atoms with Gasteiger partial charge in [-0.1, -0.05) is 30.3 Å². The van der Waals surface area contributed by atoms with Crippen LogP contribution in [0.2, 0.25) is 0 Å². The van der Waals surface area contributed by atoms with Gasteiger partial charge in [-0.2, -0.15) is 0 Å². The van der Waals surface area contributed by atoms with Gasteiger partial charge in [0.1, 0.15) is 11.5 Å². The van der Waals surface area contributed by atoms with E-state index in [1.54, 1.807) is 9.80 Å². The number of amides is 4. The Morgan fingerprint density at radius 3 is 2.58 bits per heavy atom. The summed E-state index contributed by atoms with van der Waals surface area (Å²) in [5.74, 6) is 1.05. The van der Waals surface area contributed by atoms with Crippen LogP contribution >= 0.6 is 0 Å². The molecule has 0 bridgehead atoms. The standard InChI is InChI=1S/C27H33N5O4/c1-4-32-22-18-31(15-13-23(33)28-14-16-30(2)3)26(34)24(22)25(29-27(32)35)19-9-8-12-21(17-19)36-20-10-6-5-7-11-20/h5-12,17,25H,4,13-16,18H2,1-3H3,(H,28,33)(H,29,35)/t25-/m0/s1. The predicted octanol–water partition coefficient (Wildman–Crippen LogP) is 2.73. The summed E-state index contributed by atoms with van der Waals surface area (Å²) < 4.78 is 5.97. The van der Waals surface area contributed by atoms with E-state index in [4.69, 9.17) is 4.74 Å². The number of para-hydroxylation sites is 1. The number of carbonyl (C=O) groups excluding carboxylic acids is 3. The molecule has 9 heteroatoms. The lowest BCUT2D eigenvalue weighted by atomic mass is 9.95. The summed E-state index contributed by atoms with van der Waals surface area (Å²) in [7, 11) is 3.89. The molecule has 36 heavy (non-hydrogen) atoms. The van der Waals surface area contributed by atoms with Crippen molar-refractivity contribution >= 4 is 17.8 Å². The van der Waals surface area contributed by atoms with Gasteiger partial charge in [-0.05, 0) is 50.8 Å². The summed E-state index contributed by atoms with van der Waals surface area (Å²) >= 11 is 0. The maximum atomic E-state index is 13.5. The van der Waals surface area contributed by atoms with Crippen LogP contribution in [0.4, 0.5) is 4.79 Å². The van der Waals surface area contributed by atoms with Crippen LogP contribution in [0.3, 0.4) is 0 Å². The van der Waals surface area contributed by atoms with Gasteiger partial charge >= 0.3 is 6.03 Å². The van der Waals surface area contributed by atoms with Crippen molar-refractivity contribution in [3.8, 4) is 11.5 Å². The number of ether oxygens (including phenoxy) is 1. The second-order valence-corrected chi connectivity index (χ2v) is 9.10. The molecule has 0 saturated carbocycles. The van der Waals surface area contributed by atoms with Gasteiger partial charge in [0.25, 0.3) is 5.91 Å². The highest BCUT2D eigenvalue weighted by atomic mass is 16.5. The van der Waals surface area contributed by atoms with Crippen LogP contribution in [0, 0.1) is 0 Å². The average Bonchev–Trinajstić information content (AvgIpc) is 3.18. The molecule has 9 nitrogen and oxygen atoms in total. The molecule has 2 aromatic rings. The van der Waals surface area contributed by atoms with Crippen LogP contribution in [0.1, 0.15) is 24.9 Å². The maximum absolute atomic E-state index is 13.5. The molecule has 1 atom stereocenters. The third-order valence-electron chi connectivity index (χ3n) is 6.27. The van der Waals surface area contributed by atoms with Crippen molar-refractivity contribution in [2.75, 3.05) is 46.8 Å². The molecular weight excluding hydrogens is 458 g/mol. The summed E-state index contributed by atoms with van der Waals surface area (Å²) in [6, 6.07) is 16.0. The van der Waals surface area contributed by atoms with E-state index in [1.165, 1.54) is 0 Å². The Morgan fingerprint density at radius 2 is 1.86 bits per heavy atom. The van der Waals surface area contributed by atoms with E-state index in [9.17, 15) is 14.4 Å². The smallest absolute Gasteiger partial charge is 0.322 e. The average molecular weight is 492 g/mol. The molecule has 0 fully saturated rings. The van der Waals surface area contributed by atoms with E-state index >= 15 is 0 Å². The zero-order chi connectivity index (χ0) is 25.7. The molecular formula is C27H33N5O4. The summed E-state index contributed by atoms with van der Waals surface area (Å²) in [5, 5.41) is 5.87. The molecule has 0 saturated heterocycles. The van der Waals surface area contributed by atoms with Gasteiger partial charge in [-0.25, -0.2) is 4.79 Å². The molecule has 2 aliphatic heterocycles. The van der Waals surface area contributed by atoms with Gasteiger partial charge in [0, 0.05) is 32.6 Å². The first-order valence-corrected chi connectivity index (χ1v) is 12.2. The Bertz CT molecular complexity index is 1150. The Hall–Kier alpha value is -3.85.